The number of carbonyl (C=O) groups excluding carboxylic acids is 2. The molecule has 2 aromatic carbocycles. The number of esters is 1. The first-order chi connectivity index (χ1) is 14.2. The van der Waals surface area contributed by atoms with Gasteiger partial charge in [0, 0.05) is 26.2 Å². The quantitative estimate of drug-likeness (QED) is 0.521. The molecule has 0 saturated carbocycles. The van der Waals surface area contributed by atoms with Crippen LogP contribution in [0.1, 0.15) is 21.5 Å². The summed E-state index contributed by atoms with van der Waals surface area (Å²) in [4.78, 5) is 24.6. The van der Waals surface area contributed by atoms with Gasteiger partial charge in [-0.1, -0.05) is 30.3 Å². The predicted molar refractivity (Wildman–Crippen MR) is 104 cm³/mol. The Kier molecular flexibility index (Phi) is 8.02. The molecule has 0 aliphatic rings. The summed E-state index contributed by atoms with van der Waals surface area (Å²) in [6.07, 6.45) is -4.50. The topological polar surface area (TPSA) is 73.9 Å². The van der Waals surface area contributed by atoms with E-state index in [-0.39, 0.29) is 12.0 Å². The van der Waals surface area contributed by atoms with Crippen molar-refractivity contribution in [1.29, 1.82) is 0 Å². The molecule has 0 aliphatic heterocycles. The van der Waals surface area contributed by atoms with Gasteiger partial charge in [-0.05, 0) is 29.2 Å². The predicted octanol–water partition coefficient (Wildman–Crippen LogP) is 2.21. The fraction of sp³-hybridized carbons (Fsp3) is 0.300. The number of hydrogen-bond donors (Lipinski definition) is 1. The maximum Gasteiger partial charge on any atom is 0.493 e. The van der Waals surface area contributed by atoms with Crippen LogP contribution >= 0.6 is 0 Å². The van der Waals surface area contributed by atoms with Crippen LogP contribution < -0.4 is 10.8 Å². The normalized spacial score (nSPS) is 12.2. The molecule has 30 heavy (non-hydrogen) atoms. The smallest absolute Gasteiger partial charge is 0.467 e. The highest BCUT2D eigenvalue weighted by Crippen LogP contribution is 2.29. The molecule has 0 bridgehead atoms. The third-order valence-corrected chi connectivity index (χ3v) is 4.36. The lowest BCUT2D eigenvalue weighted by atomic mass is 9.78. The molecule has 1 atom stereocenters. The fourth-order valence-corrected chi connectivity index (χ4v) is 2.83. The lowest BCUT2D eigenvalue weighted by Gasteiger charge is -2.17. The molecule has 0 radical (unpaired) electrons. The first-order valence-electron chi connectivity index (χ1n) is 8.90. The summed E-state index contributed by atoms with van der Waals surface area (Å²) >= 11 is 0. The van der Waals surface area contributed by atoms with Crippen LogP contribution in [0.2, 0.25) is 0 Å². The monoisotopic (exact) mass is 423 g/mol. The van der Waals surface area contributed by atoms with Crippen LogP contribution in [0.4, 0.5) is 13.2 Å². The van der Waals surface area contributed by atoms with E-state index in [2.05, 4.69) is 5.32 Å². The average molecular weight is 423 g/mol. The molecule has 6 nitrogen and oxygen atoms in total. The Morgan fingerprint density at radius 2 is 1.67 bits per heavy atom. The van der Waals surface area contributed by atoms with Crippen LogP contribution in [0.25, 0.3) is 0 Å². The number of hydrogen-bond acceptors (Lipinski definition) is 5. The Morgan fingerprint density at radius 1 is 1.03 bits per heavy atom. The van der Waals surface area contributed by atoms with Gasteiger partial charge in [0.05, 0.1) is 12.7 Å². The molecule has 160 valence electrons. The Balaban J connectivity index is 2.17. The molecule has 1 N–H and O–H groups in total. The molecule has 2 aromatic rings. The lowest BCUT2D eigenvalue weighted by Crippen LogP contribution is -2.43. The first kappa shape index (κ1) is 23.4. The number of alkyl halides is 3. The molecular weight excluding hydrogens is 402 g/mol. The van der Waals surface area contributed by atoms with Crippen LogP contribution in [0.5, 0.6) is 0 Å². The van der Waals surface area contributed by atoms with Crippen LogP contribution in [0.3, 0.4) is 0 Å². The second kappa shape index (κ2) is 10.3. The zero-order chi connectivity index (χ0) is 22.3. The van der Waals surface area contributed by atoms with E-state index in [1.54, 1.807) is 24.3 Å². The Labute approximate surface area is 172 Å². The summed E-state index contributed by atoms with van der Waals surface area (Å²) in [7, 11) is 3.62. The summed E-state index contributed by atoms with van der Waals surface area (Å²) in [5.74, 6) is -1.53. The minimum atomic E-state index is -4.58. The van der Waals surface area contributed by atoms with Crippen molar-refractivity contribution in [3.8, 4) is 0 Å². The van der Waals surface area contributed by atoms with Crippen LogP contribution in [0.15, 0.2) is 48.5 Å². The van der Waals surface area contributed by atoms with E-state index in [1.807, 2.05) is 0 Å². The minimum absolute atomic E-state index is 0.0856. The third-order valence-electron chi connectivity index (χ3n) is 4.36. The molecule has 0 aliphatic carbocycles. The van der Waals surface area contributed by atoms with Gasteiger partial charge in [-0.2, -0.15) is 13.2 Å². The van der Waals surface area contributed by atoms with Crippen LogP contribution in [-0.2, 0) is 31.4 Å². The fourth-order valence-electron chi connectivity index (χ4n) is 2.83. The van der Waals surface area contributed by atoms with E-state index in [9.17, 15) is 22.8 Å². The maximum absolute atomic E-state index is 12.9. The molecule has 0 unspecified atom stereocenters. The van der Waals surface area contributed by atoms with Gasteiger partial charge < -0.3 is 19.4 Å². The van der Waals surface area contributed by atoms with Gasteiger partial charge >= 0.3 is 19.3 Å². The van der Waals surface area contributed by atoms with Gasteiger partial charge in [0.15, 0.2) is 0 Å². The van der Waals surface area contributed by atoms with Crippen LogP contribution in [-0.4, -0.2) is 46.4 Å². The molecule has 1 amide bonds. The number of benzene rings is 2. The number of ether oxygens (including phenoxy) is 1. The van der Waals surface area contributed by atoms with Crippen molar-refractivity contribution < 1.29 is 36.8 Å². The Hall–Kier alpha value is -2.85. The number of carbonyl (C=O) groups is 2. The van der Waals surface area contributed by atoms with Crippen molar-refractivity contribution in [2.45, 2.75) is 18.6 Å². The minimum Gasteiger partial charge on any atom is -0.467 e. The highest BCUT2D eigenvalue weighted by Gasteiger charge is 2.31. The third kappa shape index (κ3) is 6.07. The van der Waals surface area contributed by atoms with Gasteiger partial charge in [-0.3, -0.25) is 4.79 Å². The zero-order valence-corrected chi connectivity index (χ0v) is 16.7. The van der Waals surface area contributed by atoms with Crippen LogP contribution in [0, 0.1) is 0 Å². The Morgan fingerprint density at radius 3 is 2.20 bits per heavy atom. The van der Waals surface area contributed by atoms with Gasteiger partial charge in [0.2, 0.25) is 0 Å². The molecule has 0 spiro atoms. The van der Waals surface area contributed by atoms with Gasteiger partial charge in [0.25, 0.3) is 5.91 Å². The van der Waals surface area contributed by atoms with E-state index in [0.29, 0.717) is 5.56 Å². The molecule has 0 heterocycles. The molecule has 0 saturated heterocycles. The number of nitrogens with one attached hydrogen (secondary N) is 1. The van der Waals surface area contributed by atoms with Gasteiger partial charge in [-0.25, -0.2) is 4.79 Å². The van der Waals surface area contributed by atoms with Crippen molar-refractivity contribution in [3.05, 3.63) is 65.2 Å². The summed E-state index contributed by atoms with van der Waals surface area (Å²) in [6, 6.07) is 9.83. The highest BCUT2D eigenvalue weighted by molar-refractivity contribution is 6.61. The van der Waals surface area contributed by atoms with E-state index in [1.165, 1.54) is 20.3 Å². The highest BCUT2D eigenvalue weighted by atomic mass is 19.4. The summed E-state index contributed by atoms with van der Waals surface area (Å²) < 4.78 is 53.7. The van der Waals surface area contributed by atoms with E-state index >= 15 is 0 Å². The van der Waals surface area contributed by atoms with Gasteiger partial charge in [-0.15, -0.1) is 0 Å². The molecule has 0 fully saturated rings. The number of halogens is 3. The maximum atomic E-state index is 12.9. The van der Waals surface area contributed by atoms with Crippen molar-refractivity contribution in [1.82, 2.24) is 5.32 Å². The number of rotatable bonds is 8. The Bertz CT molecular complexity index is 869. The van der Waals surface area contributed by atoms with Crippen molar-refractivity contribution in [2.75, 3.05) is 21.3 Å². The molecular formula is C20H21BF3NO5. The summed E-state index contributed by atoms with van der Waals surface area (Å²) in [6.45, 7) is 0. The standard InChI is InChI=1S/C20H21BF3NO5/c1-28-19(27)17(11-13-7-9-16(10-8-13)21(29-2)30-3)25-18(26)14-5-4-6-15(12-14)20(22,23)24/h4-10,12,17H,11H2,1-3H3,(H,25,26)/t17-/m0/s1. The van der Waals surface area contributed by atoms with E-state index in [4.69, 9.17) is 14.0 Å². The largest absolute Gasteiger partial charge is 0.493 e. The summed E-state index contributed by atoms with van der Waals surface area (Å²) in [5.41, 5.74) is 0.291. The molecule has 0 aromatic heterocycles. The molecule has 2 rings (SSSR count). The van der Waals surface area contributed by atoms with E-state index in [0.717, 1.165) is 30.8 Å². The summed E-state index contributed by atoms with van der Waals surface area (Å²) in [5, 5.41) is 2.44. The van der Waals surface area contributed by atoms with Crippen molar-refractivity contribution in [3.63, 3.8) is 0 Å². The molecule has 10 heteroatoms. The lowest BCUT2D eigenvalue weighted by molar-refractivity contribution is -0.143. The van der Waals surface area contributed by atoms with Gasteiger partial charge in [0.1, 0.15) is 6.04 Å². The second-order valence-electron chi connectivity index (χ2n) is 6.38. The van der Waals surface area contributed by atoms with Crippen molar-refractivity contribution in [2.24, 2.45) is 0 Å². The number of methoxy groups -OCH3 is 1. The number of amides is 1. The SMILES string of the molecule is COB(OC)c1ccc(C[C@H](NC(=O)c2cccc(C(F)(F)F)c2)C(=O)OC)cc1. The first-order valence-corrected chi connectivity index (χ1v) is 8.90. The average Bonchev–Trinajstić information content (AvgIpc) is 2.74. The van der Waals surface area contributed by atoms with Crippen molar-refractivity contribution >= 4 is 24.5 Å². The van der Waals surface area contributed by atoms with E-state index < -0.39 is 36.8 Å². The zero-order valence-electron chi connectivity index (χ0n) is 16.7. The second-order valence-corrected chi connectivity index (χ2v) is 6.38.